The Morgan fingerprint density at radius 3 is 2.69 bits per heavy atom. The van der Waals surface area contributed by atoms with E-state index in [1.54, 1.807) is 18.2 Å². The van der Waals surface area contributed by atoms with E-state index < -0.39 is 11.9 Å². The highest BCUT2D eigenvalue weighted by molar-refractivity contribution is 5.94. The highest BCUT2D eigenvalue weighted by atomic mass is 19.1. The van der Waals surface area contributed by atoms with Gasteiger partial charge in [-0.15, -0.1) is 0 Å². The molecule has 0 saturated heterocycles. The SMILES string of the molecule is COC(=O)CC(=O)NCc1ccccc1F. The maximum atomic E-state index is 13.1. The van der Waals surface area contributed by atoms with E-state index in [0.29, 0.717) is 5.56 Å². The Kier molecular flexibility index (Phi) is 4.44. The van der Waals surface area contributed by atoms with Gasteiger partial charge in [0.25, 0.3) is 0 Å². The van der Waals surface area contributed by atoms with Gasteiger partial charge in [0, 0.05) is 12.1 Å². The highest BCUT2D eigenvalue weighted by Gasteiger charge is 2.09. The monoisotopic (exact) mass is 225 g/mol. The predicted octanol–water partition coefficient (Wildman–Crippen LogP) is 1.00. The predicted molar refractivity (Wildman–Crippen MR) is 54.9 cm³/mol. The fourth-order valence-electron chi connectivity index (χ4n) is 1.10. The number of benzene rings is 1. The Morgan fingerprint density at radius 1 is 1.38 bits per heavy atom. The summed E-state index contributed by atoms with van der Waals surface area (Å²) in [7, 11) is 1.20. The summed E-state index contributed by atoms with van der Waals surface area (Å²) >= 11 is 0. The molecule has 0 fully saturated rings. The third kappa shape index (κ3) is 3.68. The standard InChI is InChI=1S/C11H12FNO3/c1-16-11(15)6-10(14)13-7-8-4-2-3-5-9(8)12/h2-5H,6-7H2,1H3,(H,13,14). The van der Waals surface area contributed by atoms with Gasteiger partial charge in [-0.05, 0) is 6.07 Å². The van der Waals surface area contributed by atoms with Gasteiger partial charge in [-0.1, -0.05) is 18.2 Å². The first-order chi connectivity index (χ1) is 7.63. The maximum Gasteiger partial charge on any atom is 0.315 e. The summed E-state index contributed by atoms with van der Waals surface area (Å²) in [6, 6.07) is 6.11. The maximum absolute atomic E-state index is 13.1. The molecule has 0 aliphatic carbocycles. The number of amides is 1. The molecular formula is C11H12FNO3. The molecule has 1 aromatic carbocycles. The summed E-state index contributed by atoms with van der Waals surface area (Å²) in [6.45, 7) is 0.0580. The smallest absolute Gasteiger partial charge is 0.315 e. The van der Waals surface area contributed by atoms with Crippen molar-refractivity contribution in [3.8, 4) is 0 Å². The average molecular weight is 225 g/mol. The van der Waals surface area contributed by atoms with Crippen molar-refractivity contribution in [2.24, 2.45) is 0 Å². The van der Waals surface area contributed by atoms with Gasteiger partial charge < -0.3 is 10.1 Å². The Labute approximate surface area is 92.4 Å². The molecule has 1 amide bonds. The van der Waals surface area contributed by atoms with Crippen LogP contribution in [0.3, 0.4) is 0 Å². The molecule has 0 unspecified atom stereocenters. The summed E-state index contributed by atoms with van der Waals surface area (Å²) in [4.78, 5) is 21.9. The molecule has 0 radical (unpaired) electrons. The van der Waals surface area contributed by atoms with Crippen molar-refractivity contribution < 1.29 is 18.7 Å². The van der Waals surface area contributed by atoms with E-state index in [-0.39, 0.29) is 18.8 Å². The molecule has 16 heavy (non-hydrogen) atoms. The van der Waals surface area contributed by atoms with E-state index >= 15 is 0 Å². The van der Waals surface area contributed by atoms with E-state index in [2.05, 4.69) is 10.1 Å². The number of rotatable bonds is 4. The molecule has 1 N–H and O–H groups in total. The molecule has 0 atom stereocenters. The third-order valence-electron chi connectivity index (χ3n) is 1.97. The number of ether oxygens (including phenoxy) is 1. The van der Waals surface area contributed by atoms with Crippen LogP contribution in [0.15, 0.2) is 24.3 Å². The molecule has 0 heterocycles. The van der Waals surface area contributed by atoms with Crippen molar-refractivity contribution in [1.82, 2.24) is 5.32 Å². The number of hydrogen-bond acceptors (Lipinski definition) is 3. The van der Waals surface area contributed by atoms with Crippen LogP contribution in [0.1, 0.15) is 12.0 Å². The van der Waals surface area contributed by atoms with Crippen LogP contribution in [0.25, 0.3) is 0 Å². The lowest BCUT2D eigenvalue weighted by molar-refractivity contribution is -0.143. The largest absolute Gasteiger partial charge is 0.469 e. The number of nitrogens with one attached hydrogen (secondary N) is 1. The molecule has 0 aliphatic rings. The quantitative estimate of drug-likeness (QED) is 0.614. The zero-order chi connectivity index (χ0) is 12.0. The molecule has 0 bridgehead atoms. The van der Waals surface area contributed by atoms with Gasteiger partial charge in [-0.2, -0.15) is 0 Å². The summed E-state index contributed by atoms with van der Waals surface area (Å²) in [5.41, 5.74) is 0.376. The van der Waals surface area contributed by atoms with Crippen LogP contribution in [0.5, 0.6) is 0 Å². The summed E-state index contributed by atoms with van der Waals surface area (Å²) < 4.78 is 17.4. The van der Waals surface area contributed by atoms with Gasteiger partial charge in [0.15, 0.2) is 0 Å². The van der Waals surface area contributed by atoms with Gasteiger partial charge in [0.05, 0.1) is 7.11 Å². The van der Waals surface area contributed by atoms with Crippen LogP contribution in [0.2, 0.25) is 0 Å². The lowest BCUT2D eigenvalue weighted by Gasteiger charge is -2.05. The molecule has 5 heteroatoms. The molecule has 86 valence electrons. The van der Waals surface area contributed by atoms with Crippen molar-refractivity contribution in [1.29, 1.82) is 0 Å². The topological polar surface area (TPSA) is 55.4 Å². The van der Waals surface area contributed by atoms with Gasteiger partial charge in [-0.25, -0.2) is 4.39 Å². The van der Waals surface area contributed by atoms with E-state index in [4.69, 9.17) is 0 Å². The molecular weight excluding hydrogens is 213 g/mol. The van der Waals surface area contributed by atoms with Crippen molar-refractivity contribution >= 4 is 11.9 Å². The number of carbonyl (C=O) groups is 2. The van der Waals surface area contributed by atoms with Crippen LogP contribution in [0, 0.1) is 5.82 Å². The van der Waals surface area contributed by atoms with Gasteiger partial charge in [-0.3, -0.25) is 9.59 Å². The molecule has 0 spiro atoms. The number of carbonyl (C=O) groups excluding carboxylic acids is 2. The first kappa shape index (κ1) is 12.2. The van der Waals surface area contributed by atoms with Crippen LogP contribution in [-0.4, -0.2) is 19.0 Å². The van der Waals surface area contributed by atoms with E-state index in [1.165, 1.54) is 13.2 Å². The van der Waals surface area contributed by atoms with E-state index in [1.807, 2.05) is 0 Å². The molecule has 0 saturated carbocycles. The van der Waals surface area contributed by atoms with Crippen LogP contribution < -0.4 is 5.32 Å². The van der Waals surface area contributed by atoms with Gasteiger partial charge >= 0.3 is 5.97 Å². The molecule has 1 rings (SSSR count). The van der Waals surface area contributed by atoms with Crippen molar-refractivity contribution in [3.05, 3.63) is 35.6 Å². The molecule has 0 aliphatic heterocycles. The minimum Gasteiger partial charge on any atom is -0.469 e. The summed E-state index contributed by atoms with van der Waals surface area (Å²) in [6.07, 6.45) is -0.356. The van der Waals surface area contributed by atoms with E-state index in [0.717, 1.165) is 0 Å². The van der Waals surface area contributed by atoms with Gasteiger partial charge in [0.1, 0.15) is 12.2 Å². The number of halogens is 1. The highest BCUT2D eigenvalue weighted by Crippen LogP contribution is 2.05. The van der Waals surface area contributed by atoms with Crippen molar-refractivity contribution in [2.75, 3.05) is 7.11 Å². The first-order valence-corrected chi connectivity index (χ1v) is 4.70. The summed E-state index contributed by atoms with van der Waals surface area (Å²) in [5, 5.41) is 2.43. The molecule has 1 aromatic rings. The fraction of sp³-hybridized carbons (Fsp3) is 0.273. The van der Waals surface area contributed by atoms with Crippen LogP contribution in [-0.2, 0) is 20.9 Å². The molecule has 4 nitrogen and oxygen atoms in total. The fourth-order valence-corrected chi connectivity index (χ4v) is 1.10. The van der Waals surface area contributed by atoms with Crippen LogP contribution >= 0.6 is 0 Å². The van der Waals surface area contributed by atoms with Crippen molar-refractivity contribution in [3.63, 3.8) is 0 Å². The second-order valence-corrected chi connectivity index (χ2v) is 3.12. The van der Waals surface area contributed by atoms with Crippen LogP contribution in [0.4, 0.5) is 4.39 Å². The Bertz CT molecular complexity index is 393. The second-order valence-electron chi connectivity index (χ2n) is 3.12. The Hall–Kier alpha value is -1.91. The zero-order valence-corrected chi connectivity index (χ0v) is 8.83. The second kappa shape index (κ2) is 5.85. The minimum atomic E-state index is -0.619. The van der Waals surface area contributed by atoms with E-state index in [9.17, 15) is 14.0 Å². The minimum absolute atomic E-state index is 0.0580. The Balaban J connectivity index is 2.43. The number of esters is 1. The lowest BCUT2D eigenvalue weighted by atomic mass is 10.2. The third-order valence-corrected chi connectivity index (χ3v) is 1.97. The number of hydrogen-bond donors (Lipinski definition) is 1. The zero-order valence-electron chi connectivity index (χ0n) is 8.83. The summed E-state index contributed by atoms with van der Waals surface area (Å²) in [5.74, 6) is -1.50. The molecule has 0 aromatic heterocycles. The van der Waals surface area contributed by atoms with Gasteiger partial charge in [0.2, 0.25) is 5.91 Å². The average Bonchev–Trinajstić information content (AvgIpc) is 2.28. The Morgan fingerprint density at radius 2 is 2.06 bits per heavy atom. The lowest BCUT2D eigenvalue weighted by Crippen LogP contribution is -2.26. The normalized spacial score (nSPS) is 9.62. The first-order valence-electron chi connectivity index (χ1n) is 4.70. The number of methoxy groups -OCH3 is 1. The van der Waals surface area contributed by atoms with Crippen molar-refractivity contribution in [2.45, 2.75) is 13.0 Å².